The first-order valence-electron chi connectivity index (χ1n) is 12.0. The van der Waals surface area contributed by atoms with Crippen LogP contribution in [-0.4, -0.2) is 40.4 Å². The van der Waals surface area contributed by atoms with Crippen LogP contribution in [0.3, 0.4) is 0 Å². The number of methoxy groups -OCH3 is 1. The van der Waals surface area contributed by atoms with E-state index < -0.39 is 17.8 Å². The van der Waals surface area contributed by atoms with Gasteiger partial charge in [-0.1, -0.05) is 42.5 Å². The number of aromatic nitrogens is 2. The maximum atomic E-state index is 14.0. The second-order valence-corrected chi connectivity index (χ2v) is 8.67. The number of benzene rings is 3. The summed E-state index contributed by atoms with van der Waals surface area (Å²) in [5, 5.41) is 16.6. The predicted octanol–water partition coefficient (Wildman–Crippen LogP) is 5.51. The number of hydrogen-bond donors (Lipinski definition) is 2. The molecule has 1 aromatic heterocycles. The molecular weight excluding hydrogens is 489 g/mol. The van der Waals surface area contributed by atoms with Crippen molar-refractivity contribution < 1.29 is 28.6 Å². The van der Waals surface area contributed by atoms with Crippen molar-refractivity contribution >= 4 is 17.4 Å². The number of nitrogens with one attached hydrogen (secondary N) is 1. The lowest BCUT2D eigenvalue weighted by Crippen LogP contribution is -2.22. The molecule has 1 heterocycles. The van der Waals surface area contributed by atoms with Crippen LogP contribution in [0.4, 0.5) is 10.1 Å². The van der Waals surface area contributed by atoms with Crippen LogP contribution < -0.4 is 14.8 Å². The van der Waals surface area contributed by atoms with Crippen LogP contribution in [0.1, 0.15) is 34.9 Å². The van der Waals surface area contributed by atoms with E-state index in [1.807, 2.05) is 30.3 Å². The number of carbonyl (C=O) groups excluding carboxylic acids is 1. The van der Waals surface area contributed by atoms with Gasteiger partial charge in [-0.05, 0) is 29.7 Å². The highest BCUT2D eigenvalue weighted by molar-refractivity contribution is 6.05. The van der Waals surface area contributed by atoms with Crippen molar-refractivity contribution in [1.82, 2.24) is 9.78 Å². The highest BCUT2D eigenvalue weighted by Crippen LogP contribution is 2.32. The number of carboxylic acid groups (broad SMARTS) is 1. The van der Waals surface area contributed by atoms with Crippen LogP contribution in [0.2, 0.25) is 0 Å². The first kappa shape index (κ1) is 26.4. The fraction of sp³-hybridized carbons (Fsp3) is 0.207. The summed E-state index contributed by atoms with van der Waals surface area (Å²) in [7, 11) is 3.26. The predicted molar refractivity (Wildman–Crippen MR) is 141 cm³/mol. The molecule has 0 aliphatic rings. The van der Waals surface area contributed by atoms with Gasteiger partial charge in [0.25, 0.3) is 0 Å². The van der Waals surface area contributed by atoms with Crippen LogP contribution >= 0.6 is 0 Å². The minimum Gasteiger partial charge on any atom is -0.497 e. The number of aliphatic carboxylic acids is 1. The van der Waals surface area contributed by atoms with Crippen molar-refractivity contribution in [3.05, 3.63) is 96.1 Å². The molecule has 0 aliphatic carbocycles. The smallest absolute Gasteiger partial charge is 0.303 e. The van der Waals surface area contributed by atoms with Gasteiger partial charge in [0.1, 0.15) is 29.1 Å². The van der Waals surface area contributed by atoms with E-state index in [1.54, 1.807) is 48.3 Å². The van der Waals surface area contributed by atoms with Crippen LogP contribution in [0, 0.1) is 5.82 Å². The average molecular weight is 518 g/mol. The molecule has 2 N–H and O–H groups in total. The first-order chi connectivity index (χ1) is 18.3. The molecule has 1 unspecified atom stereocenters. The molecule has 196 valence electrons. The van der Waals surface area contributed by atoms with Gasteiger partial charge in [0, 0.05) is 49.1 Å². The Labute approximate surface area is 219 Å². The maximum Gasteiger partial charge on any atom is 0.303 e. The summed E-state index contributed by atoms with van der Waals surface area (Å²) in [6.45, 7) is 0.202. The van der Waals surface area contributed by atoms with E-state index in [1.165, 1.54) is 19.2 Å². The summed E-state index contributed by atoms with van der Waals surface area (Å²) in [6, 6.07) is 19.4. The van der Waals surface area contributed by atoms with Gasteiger partial charge in [-0.15, -0.1) is 0 Å². The van der Waals surface area contributed by atoms with Crippen molar-refractivity contribution in [3.8, 4) is 22.6 Å². The second-order valence-electron chi connectivity index (χ2n) is 8.67. The zero-order chi connectivity index (χ0) is 27.1. The van der Waals surface area contributed by atoms with Gasteiger partial charge in [0.2, 0.25) is 5.78 Å². The van der Waals surface area contributed by atoms with E-state index >= 15 is 0 Å². The molecule has 38 heavy (non-hydrogen) atoms. The lowest BCUT2D eigenvalue weighted by atomic mass is 9.96. The minimum absolute atomic E-state index is 0.00988. The number of halogens is 1. The topological polar surface area (TPSA) is 103 Å². The van der Waals surface area contributed by atoms with E-state index in [2.05, 4.69) is 10.4 Å². The van der Waals surface area contributed by atoms with Gasteiger partial charge in [-0.25, -0.2) is 4.39 Å². The van der Waals surface area contributed by atoms with E-state index in [0.717, 1.165) is 5.56 Å². The number of ketones is 1. The van der Waals surface area contributed by atoms with Crippen LogP contribution in [-0.2, 0) is 11.8 Å². The molecule has 0 saturated heterocycles. The molecule has 0 saturated carbocycles. The third-order valence-corrected chi connectivity index (χ3v) is 5.84. The fourth-order valence-corrected chi connectivity index (χ4v) is 4.03. The van der Waals surface area contributed by atoms with E-state index in [-0.39, 0.29) is 24.5 Å². The molecule has 9 heteroatoms. The Bertz CT molecular complexity index is 1400. The Balaban J connectivity index is 1.69. The Morgan fingerprint density at radius 2 is 1.76 bits per heavy atom. The number of carbonyl (C=O) groups is 2. The third-order valence-electron chi connectivity index (χ3n) is 5.84. The number of anilines is 1. The quantitative estimate of drug-likeness (QED) is 0.189. The molecular formula is C29H28FN3O5. The van der Waals surface area contributed by atoms with Crippen molar-refractivity contribution in [2.24, 2.45) is 7.05 Å². The standard InChI is InChI=1S/C29H28FN3O5/c1-33-18-25(19-7-4-3-5-8-19)28(32-33)29(36)27(20-10-12-21(30)13-11-20)31-22-15-23(37-2)17-24(16-22)38-14-6-9-26(34)35/h3-5,7-8,10-13,15-18,27,31H,6,9,14H2,1-2H3,(H,34,35). The first-order valence-corrected chi connectivity index (χ1v) is 12.0. The molecule has 0 radical (unpaired) electrons. The van der Waals surface area contributed by atoms with Gasteiger partial charge in [-0.3, -0.25) is 14.3 Å². The monoisotopic (exact) mass is 517 g/mol. The number of aryl methyl sites for hydroxylation is 1. The normalized spacial score (nSPS) is 11.6. The molecule has 0 spiro atoms. The molecule has 0 fully saturated rings. The largest absolute Gasteiger partial charge is 0.497 e. The van der Waals surface area contributed by atoms with Gasteiger partial charge in [0.05, 0.1) is 13.7 Å². The van der Waals surface area contributed by atoms with E-state index in [0.29, 0.717) is 34.7 Å². The summed E-state index contributed by atoms with van der Waals surface area (Å²) in [5.41, 5.74) is 2.87. The Kier molecular flexibility index (Phi) is 8.37. The highest BCUT2D eigenvalue weighted by Gasteiger charge is 2.28. The fourth-order valence-electron chi connectivity index (χ4n) is 4.03. The lowest BCUT2D eigenvalue weighted by Gasteiger charge is -2.20. The number of rotatable bonds is 12. The maximum absolute atomic E-state index is 14.0. The summed E-state index contributed by atoms with van der Waals surface area (Å²) in [6.07, 6.45) is 2.12. The Hall–Kier alpha value is -4.66. The minimum atomic E-state index is -0.903. The third kappa shape index (κ3) is 6.56. The molecule has 8 nitrogen and oxygen atoms in total. The highest BCUT2D eigenvalue weighted by atomic mass is 19.1. The Morgan fingerprint density at radius 1 is 1.05 bits per heavy atom. The van der Waals surface area contributed by atoms with Crippen LogP contribution in [0.25, 0.3) is 11.1 Å². The molecule has 1 atom stereocenters. The van der Waals surface area contributed by atoms with Crippen molar-refractivity contribution in [2.45, 2.75) is 18.9 Å². The van der Waals surface area contributed by atoms with Gasteiger partial charge >= 0.3 is 5.97 Å². The second kappa shape index (κ2) is 12.1. The zero-order valence-electron chi connectivity index (χ0n) is 21.1. The SMILES string of the molecule is COc1cc(NC(C(=O)c2nn(C)cc2-c2ccccc2)c2ccc(F)cc2)cc(OCCCC(=O)O)c1. The molecule has 0 aliphatic heterocycles. The molecule has 3 aromatic carbocycles. The average Bonchev–Trinajstić information content (AvgIpc) is 3.32. The van der Waals surface area contributed by atoms with Crippen LogP contribution in [0.15, 0.2) is 79.0 Å². The summed E-state index contributed by atoms with van der Waals surface area (Å²) < 4.78 is 26.5. The summed E-state index contributed by atoms with van der Waals surface area (Å²) >= 11 is 0. The number of hydrogen-bond acceptors (Lipinski definition) is 6. The van der Waals surface area contributed by atoms with Gasteiger partial charge in [0.15, 0.2) is 0 Å². The molecule has 0 bridgehead atoms. The van der Waals surface area contributed by atoms with Crippen molar-refractivity contribution in [1.29, 1.82) is 0 Å². The number of carboxylic acids is 1. The lowest BCUT2D eigenvalue weighted by molar-refractivity contribution is -0.137. The van der Waals surface area contributed by atoms with E-state index in [9.17, 15) is 14.0 Å². The molecule has 4 rings (SSSR count). The van der Waals surface area contributed by atoms with Crippen molar-refractivity contribution in [3.63, 3.8) is 0 Å². The Morgan fingerprint density at radius 3 is 2.45 bits per heavy atom. The zero-order valence-corrected chi connectivity index (χ0v) is 21.1. The van der Waals surface area contributed by atoms with Gasteiger partial charge < -0.3 is 19.9 Å². The molecule has 4 aromatic rings. The number of Topliss-reactive ketones (excluding diaryl/α,β-unsaturated/α-hetero) is 1. The number of ether oxygens (including phenoxy) is 2. The van der Waals surface area contributed by atoms with Crippen LogP contribution in [0.5, 0.6) is 11.5 Å². The van der Waals surface area contributed by atoms with E-state index in [4.69, 9.17) is 14.6 Å². The number of nitrogens with zero attached hydrogens (tertiary/aromatic N) is 2. The molecule has 0 amide bonds. The summed E-state index contributed by atoms with van der Waals surface area (Å²) in [5.74, 6) is -0.683. The summed E-state index contributed by atoms with van der Waals surface area (Å²) in [4.78, 5) is 24.8. The van der Waals surface area contributed by atoms with Crippen molar-refractivity contribution in [2.75, 3.05) is 19.0 Å². The van der Waals surface area contributed by atoms with Gasteiger partial charge in [-0.2, -0.15) is 5.10 Å².